The quantitative estimate of drug-likeness (QED) is 0.303. The zero-order chi connectivity index (χ0) is 29.4. The van der Waals surface area contributed by atoms with Gasteiger partial charge in [-0.2, -0.15) is 0 Å². The number of aryl methyl sites for hydroxylation is 1. The lowest BCUT2D eigenvalue weighted by molar-refractivity contribution is -0.159. The minimum atomic E-state index is -1.53. The van der Waals surface area contributed by atoms with Crippen LogP contribution < -0.4 is 10.9 Å². The number of carboxylic acid groups (broad SMARTS) is 1. The molecule has 2 aliphatic heterocycles. The van der Waals surface area contributed by atoms with Crippen LogP contribution in [0.4, 0.5) is 4.39 Å². The van der Waals surface area contributed by atoms with Crippen molar-refractivity contribution in [1.82, 2.24) is 14.9 Å². The Labute approximate surface area is 234 Å². The fraction of sp³-hybridized carbons (Fsp3) is 0.433. The monoisotopic (exact) mass is 563 g/mol. The van der Waals surface area contributed by atoms with E-state index in [0.29, 0.717) is 40.9 Å². The van der Waals surface area contributed by atoms with Crippen LogP contribution in [-0.4, -0.2) is 50.3 Å². The topological polar surface area (TPSA) is 148 Å². The number of esters is 1. The van der Waals surface area contributed by atoms with Gasteiger partial charge in [0.2, 0.25) is 5.91 Å². The average Bonchev–Trinajstić information content (AvgIpc) is 3.30. The van der Waals surface area contributed by atoms with Crippen LogP contribution in [0.3, 0.4) is 0 Å². The van der Waals surface area contributed by atoms with Crippen LogP contribution in [0.15, 0.2) is 16.9 Å². The lowest BCUT2D eigenvalue weighted by Gasteiger charge is -2.35. The minimum Gasteiger partial charge on any atom is -0.481 e. The molecule has 6 rings (SSSR count). The Bertz CT molecular complexity index is 1750. The fourth-order valence-corrected chi connectivity index (χ4v) is 7.15. The number of ether oxygens (including phenoxy) is 1. The Hall–Kier alpha value is -4.12. The highest BCUT2D eigenvalue weighted by Crippen LogP contribution is 2.48. The molecule has 0 saturated carbocycles. The van der Waals surface area contributed by atoms with E-state index in [1.807, 2.05) is 0 Å². The normalized spacial score (nSPS) is 21.1. The number of aliphatic carboxylic acids is 1. The zero-order valence-corrected chi connectivity index (χ0v) is 23.0. The van der Waals surface area contributed by atoms with Crippen molar-refractivity contribution < 1.29 is 33.7 Å². The first-order chi connectivity index (χ1) is 19.5. The minimum absolute atomic E-state index is 0.113. The molecule has 0 bridgehead atoms. The summed E-state index contributed by atoms with van der Waals surface area (Å²) in [5, 5.41) is 23.6. The standard InChI is InChI=1S/C30H30FN3O7/c1-4-30(9-24(37)38)19-7-23-27-17(10-34(23)28(39)18(19)12-41-29(30)40)25-16(22(11-35)32-14(3)36)6-5-15-13(2)20(31)8-21(33-27)26(15)25/h7-8,16,22,35H,4-6,9-12H2,1-3H3,(H,32,36)(H,37,38)/t16-,22+,30+/m1/s1. The maximum atomic E-state index is 15.1. The van der Waals surface area contributed by atoms with E-state index in [-0.39, 0.29) is 43.6 Å². The Balaban J connectivity index is 1.66. The number of carboxylic acids is 1. The maximum absolute atomic E-state index is 15.1. The van der Waals surface area contributed by atoms with Gasteiger partial charge in [-0.15, -0.1) is 0 Å². The molecule has 0 saturated heterocycles. The van der Waals surface area contributed by atoms with Crippen LogP contribution >= 0.6 is 0 Å². The second kappa shape index (κ2) is 9.47. The number of cyclic esters (lactones) is 1. The molecule has 0 spiro atoms. The first kappa shape index (κ1) is 27.1. The number of benzene rings is 1. The second-order valence-electron chi connectivity index (χ2n) is 11.2. The number of nitrogens with one attached hydrogen (secondary N) is 1. The molecule has 10 nitrogen and oxygen atoms in total. The number of amides is 1. The molecular weight excluding hydrogens is 533 g/mol. The van der Waals surface area contributed by atoms with Crippen molar-refractivity contribution in [2.24, 2.45) is 0 Å². The Kier molecular flexibility index (Phi) is 6.25. The predicted molar refractivity (Wildman–Crippen MR) is 145 cm³/mol. The van der Waals surface area contributed by atoms with Crippen molar-refractivity contribution in [3.8, 4) is 11.4 Å². The molecule has 1 amide bonds. The van der Waals surface area contributed by atoms with E-state index in [2.05, 4.69) is 5.32 Å². The average molecular weight is 564 g/mol. The molecule has 4 heterocycles. The van der Waals surface area contributed by atoms with Gasteiger partial charge in [-0.05, 0) is 54.5 Å². The third-order valence-corrected chi connectivity index (χ3v) is 9.16. The van der Waals surface area contributed by atoms with Crippen molar-refractivity contribution in [2.45, 2.75) is 77.0 Å². The van der Waals surface area contributed by atoms with Crippen molar-refractivity contribution in [3.05, 3.63) is 61.7 Å². The van der Waals surface area contributed by atoms with E-state index in [1.54, 1.807) is 19.9 Å². The van der Waals surface area contributed by atoms with Gasteiger partial charge in [0, 0.05) is 29.9 Å². The van der Waals surface area contributed by atoms with Crippen molar-refractivity contribution in [3.63, 3.8) is 0 Å². The summed E-state index contributed by atoms with van der Waals surface area (Å²) >= 11 is 0. The molecule has 0 unspecified atom stereocenters. The number of rotatable bonds is 6. The van der Waals surface area contributed by atoms with Crippen LogP contribution in [0.1, 0.15) is 72.4 Å². The zero-order valence-electron chi connectivity index (χ0n) is 23.0. The van der Waals surface area contributed by atoms with Crippen molar-refractivity contribution >= 4 is 28.7 Å². The predicted octanol–water partition coefficient (Wildman–Crippen LogP) is 2.58. The van der Waals surface area contributed by atoms with Gasteiger partial charge in [0.1, 0.15) is 17.8 Å². The number of nitrogens with zero attached hydrogens (tertiary/aromatic N) is 2. The lowest BCUT2D eigenvalue weighted by Crippen LogP contribution is -2.45. The number of fused-ring (bicyclic) bond motifs is 5. The number of aliphatic hydroxyl groups excluding tert-OH is 1. The van der Waals surface area contributed by atoms with Gasteiger partial charge < -0.3 is 24.8 Å². The van der Waals surface area contributed by atoms with E-state index in [9.17, 15) is 29.4 Å². The molecule has 2 aromatic heterocycles. The number of aliphatic hydroxyl groups is 1. The summed E-state index contributed by atoms with van der Waals surface area (Å²) in [7, 11) is 0. The molecule has 0 radical (unpaired) electrons. The highest BCUT2D eigenvalue weighted by molar-refractivity contribution is 5.94. The molecule has 3 N–H and O–H groups in total. The molecule has 1 aromatic carbocycles. The Morgan fingerprint density at radius 2 is 2.02 bits per heavy atom. The third kappa shape index (κ3) is 3.82. The SMILES string of the molecule is CC[C@@]1(CC(=O)O)C(=O)OCc2c1cc1n(c2=O)Cc2c-1nc1cc(F)c(C)c3c1c2[C@@H]([C@H](CO)NC(C)=O)CC3. The van der Waals surface area contributed by atoms with Gasteiger partial charge in [0.15, 0.2) is 0 Å². The van der Waals surface area contributed by atoms with Crippen LogP contribution in [0.25, 0.3) is 22.3 Å². The van der Waals surface area contributed by atoms with Crippen LogP contribution in [-0.2, 0) is 44.1 Å². The van der Waals surface area contributed by atoms with Gasteiger partial charge >= 0.3 is 11.9 Å². The first-order valence-corrected chi connectivity index (χ1v) is 13.7. The smallest absolute Gasteiger partial charge is 0.317 e. The Morgan fingerprint density at radius 3 is 2.68 bits per heavy atom. The second-order valence-corrected chi connectivity index (χ2v) is 11.2. The van der Waals surface area contributed by atoms with Gasteiger partial charge in [-0.1, -0.05) is 6.92 Å². The summed E-state index contributed by atoms with van der Waals surface area (Å²) in [6, 6.07) is 2.43. The highest BCUT2D eigenvalue weighted by atomic mass is 19.1. The van der Waals surface area contributed by atoms with E-state index in [1.165, 1.54) is 17.6 Å². The van der Waals surface area contributed by atoms with Crippen LogP contribution in [0, 0.1) is 12.7 Å². The van der Waals surface area contributed by atoms with Gasteiger partial charge in [0.05, 0.1) is 48.1 Å². The number of halogens is 1. The molecular formula is C30H30FN3O7. The van der Waals surface area contributed by atoms with Crippen LogP contribution in [0.5, 0.6) is 0 Å². The first-order valence-electron chi connectivity index (χ1n) is 13.7. The highest BCUT2D eigenvalue weighted by Gasteiger charge is 2.48. The molecule has 1 aliphatic carbocycles. The fourth-order valence-electron chi connectivity index (χ4n) is 7.15. The number of pyridine rings is 2. The number of carbonyl (C=O) groups is 3. The lowest BCUT2D eigenvalue weighted by atomic mass is 9.72. The number of carbonyl (C=O) groups excluding carboxylic acids is 2. The maximum Gasteiger partial charge on any atom is 0.317 e. The van der Waals surface area contributed by atoms with Crippen LogP contribution in [0.2, 0.25) is 0 Å². The number of aromatic nitrogens is 2. The van der Waals surface area contributed by atoms with Gasteiger partial charge in [-0.25, -0.2) is 9.37 Å². The number of hydrogen-bond acceptors (Lipinski definition) is 7. The summed E-state index contributed by atoms with van der Waals surface area (Å²) < 4.78 is 22.0. The van der Waals surface area contributed by atoms with E-state index >= 15 is 4.39 Å². The summed E-state index contributed by atoms with van der Waals surface area (Å²) in [4.78, 5) is 55.6. The molecule has 0 fully saturated rings. The van der Waals surface area contributed by atoms with Gasteiger partial charge in [-0.3, -0.25) is 19.2 Å². The molecule has 3 aliphatic rings. The summed E-state index contributed by atoms with van der Waals surface area (Å²) in [6.07, 6.45) is 0.646. The van der Waals surface area contributed by atoms with Gasteiger partial charge in [0.25, 0.3) is 5.56 Å². The third-order valence-electron chi connectivity index (χ3n) is 9.16. The number of hydrogen-bond donors (Lipinski definition) is 3. The van der Waals surface area contributed by atoms with E-state index < -0.39 is 41.2 Å². The van der Waals surface area contributed by atoms with E-state index in [0.717, 1.165) is 22.1 Å². The summed E-state index contributed by atoms with van der Waals surface area (Å²) in [5.41, 5.74) is 2.71. The molecule has 41 heavy (non-hydrogen) atoms. The Morgan fingerprint density at radius 1 is 1.27 bits per heavy atom. The largest absolute Gasteiger partial charge is 0.481 e. The molecule has 214 valence electrons. The molecule has 3 aromatic rings. The van der Waals surface area contributed by atoms with Crippen molar-refractivity contribution in [2.75, 3.05) is 6.61 Å². The van der Waals surface area contributed by atoms with Crippen molar-refractivity contribution in [1.29, 1.82) is 0 Å². The molecule has 11 heteroatoms. The molecule has 3 atom stereocenters. The van der Waals surface area contributed by atoms with E-state index in [4.69, 9.17) is 9.72 Å². The summed E-state index contributed by atoms with van der Waals surface area (Å²) in [5.74, 6) is -2.91. The summed E-state index contributed by atoms with van der Waals surface area (Å²) in [6.45, 7) is 4.35.